The molecule has 4 heteroatoms. The lowest BCUT2D eigenvalue weighted by Crippen LogP contribution is -2.59. The Labute approximate surface area is 157 Å². The van der Waals surface area contributed by atoms with Crippen molar-refractivity contribution in [2.24, 2.45) is 46.3 Å². The summed E-state index contributed by atoms with van der Waals surface area (Å²) in [5, 5.41) is 31.0. The van der Waals surface area contributed by atoms with Gasteiger partial charge in [-0.05, 0) is 86.4 Å². The Kier molecular flexibility index (Phi) is 4.47. The maximum atomic E-state index is 11.7. The highest BCUT2D eigenvalue weighted by molar-refractivity contribution is 5.70. The predicted octanol–water partition coefficient (Wildman–Crippen LogP) is 3.70. The lowest BCUT2D eigenvalue weighted by molar-refractivity contribution is -0.178. The number of carboxylic acids is 1. The molecule has 4 rings (SSSR count). The van der Waals surface area contributed by atoms with E-state index >= 15 is 0 Å². The third-order valence-electron chi connectivity index (χ3n) is 9.81. The van der Waals surface area contributed by atoms with E-state index in [0.717, 1.165) is 38.5 Å². The van der Waals surface area contributed by atoms with E-state index in [1.807, 2.05) is 6.92 Å². The third-order valence-corrected chi connectivity index (χ3v) is 9.81. The van der Waals surface area contributed by atoms with Gasteiger partial charge in [0.2, 0.25) is 0 Å². The molecular formula is C22H36O4. The number of hydrogen-bond donors (Lipinski definition) is 3. The van der Waals surface area contributed by atoms with Crippen molar-refractivity contribution in [2.45, 2.75) is 84.3 Å². The maximum absolute atomic E-state index is 11.7. The third kappa shape index (κ3) is 2.44. The van der Waals surface area contributed by atoms with E-state index < -0.39 is 12.1 Å². The van der Waals surface area contributed by atoms with Crippen LogP contribution in [0.15, 0.2) is 0 Å². The first kappa shape index (κ1) is 18.7. The first-order valence-electron chi connectivity index (χ1n) is 10.8. The van der Waals surface area contributed by atoms with Gasteiger partial charge >= 0.3 is 5.97 Å². The molecular weight excluding hydrogens is 328 g/mol. The first-order chi connectivity index (χ1) is 12.2. The minimum atomic E-state index is -0.719. The van der Waals surface area contributed by atoms with Crippen LogP contribution in [0, 0.1) is 46.3 Å². The molecule has 0 heterocycles. The molecule has 0 aromatic rings. The van der Waals surface area contributed by atoms with Crippen LogP contribution in [0.25, 0.3) is 0 Å². The molecule has 0 spiro atoms. The molecule has 0 aromatic carbocycles. The molecule has 148 valence electrons. The fraction of sp³-hybridized carbons (Fsp3) is 0.955. The number of fused-ring (bicyclic) bond motifs is 5. The molecule has 4 nitrogen and oxygen atoms in total. The molecule has 0 saturated heterocycles. The van der Waals surface area contributed by atoms with E-state index in [1.165, 1.54) is 12.8 Å². The Balaban J connectivity index is 1.64. The van der Waals surface area contributed by atoms with E-state index in [0.29, 0.717) is 23.7 Å². The van der Waals surface area contributed by atoms with E-state index in [-0.39, 0.29) is 28.8 Å². The van der Waals surface area contributed by atoms with Crippen molar-refractivity contribution in [1.29, 1.82) is 0 Å². The molecule has 0 amide bonds. The van der Waals surface area contributed by atoms with Gasteiger partial charge in [-0.15, -0.1) is 0 Å². The van der Waals surface area contributed by atoms with Gasteiger partial charge < -0.3 is 15.3 Å². The summed E-state index contributed by atoms with van der Waals surface area (Å²) in [6.45, 7) is 6.44. The van der Waals surface area contributed by atoms with Crippen LogP contribution in [-0.4, -0.2) is 33.5 Å². The summed E-state index contributed by atoms with van der Waals surface area (Å²) in [5.74, 6) is 1.16. The summed E-state index contributed by atoms with van der Waals surface area (Å²) >= 11 is 0. The van der Waals surface area contributed by atoms with E-state index in [9.17, 15) is 20.1 Å². The van der Waals surface area contributed by atoms with Crippen LogP contribution in [-0.2, 0) is 4.79 Å². The van der Waals surface area contributed by atoms with Crippen LogP contribution in [0.2, 0.25) is 0 Å². The van der Waals surface area contributed by atoms with Crippen molar-refractivity contribution in [3.63, 3.8) is 0 Å². The molecule has 0 aliphatic heterocycles. The average molecular weight is 365 g/mol. The summed E-state index contributed by atoms with van der Waals surface area (Å²) in [6.07, 6.45) is 7.57. The topological polar surface area (TPSA) is 77.8 Å². The van der Waals surface area contributed by atoms with Gasteiger partial charge in [-0.25, -0.2) is 0 Å². The van der Waals surface area contributed by atoms with Crippen molar-refractivity contribution in [3.05, 3.63) is 0 Å². The number of aliphatic carboxylic acids is 1. The van der Waals surface area contributed by atoms with Gasteiger partial charge in [0.1, 0.15) is 0 Å². The standard InChI is InChI=1S/C22H36O4/c1-12(20(25)26)16-6-7-17-15-5-4-13-10-14(23)8-9-21(13,2)18(15)11-19(24)22(16,17)3/h12-19,23-24H,4-11H2,1-3H3,(H,25,26)/t12-,13+,14+,15-,16+,17-,18-,19-,21-,22+/m0/s1. The monoisotopic (exact) mass is 364 g/mol. The number of aliphatic hydroxyl groups is 2. The Hall–Kier alpha value is -0.610. The highest BCUT2D eigenvalue weighted by Gasteiger charge is 2.64. The second kappa shape index (κ2) is 6.20. The van der Waals surface area contributed by atoms with Crippen molar-refractivity contribution in [2.75, 3.05) is 0 Å². The second-order valence-corrected chi connectivity index (χ2v) is 10.5. The molecule has 4 aliphatic rings. The zero-order valence-corrected chi connectivity index (χ0v) is 16.5. The Morgan fingerprint density at radius 2 is 1.73 bits per heavy atom. The van der Waals surface area contributed by atoms with Crippen LogP contribution in [0.5, 0.6) is 0 Å². The average Bonchev–Trinajstić information content (AvgIpc) is 2.94. The van der Waals surface area contributed by atoms with Crippen molar-refractivity contribution < 1.29 is 20.1 Å². The van der Waals surface area contributed by atoms with Gasteiger partial charge in [-0.2, -0.15) is 0 Å². The maximum Gasteiger partial charge on any atom is 0.306 e. The molecule has 4 fully saturated rings. The summed E-state index contributed by atoms with van der Waals surface area (Å²) in [7, 11) is 0. The summed E-state index contributed by atoms with van der Waals surface area (Å²) in [4.78, 5) is 11.7. The van der Waals surface area contributed by atoms with E-state index in [1.54, 1.807) is 0 Å². The van der Waals surface area contributed by atoms with E-state index in [2.05, 4.69) is 13.8 Å². The number of carbonyl (C=O) groups is 1. The van der Waals surface area contributed by atoms with Gasteiger partial charge in [0.05, 0.1) is 18.1 Å². The van der Waals surface area contributed by atoms with Crippen molar-refractivity contribution in [1.82, 2.24) is 0 Å². The van der Waals surface area contributed by atoms with Gasteiger partial charge in [-0.1, -0.05) is 20.8 Å². The molecule has 0 bridgehead atoms. The van der Waals surface area contributed by atoms with Crippen LogP contribution in [0.4, 0.5) is 0 Å². The quantitative estimate of drug-likeness (QED) is 0.698. The van der Waals surface area contributed by atoms with Crippen LogP contribution in [0.3, 0.4) is 0 Å². The number of carboxylic acid groups (broad SMARTS) is 1. The number of aliphatic hydroxyl groups excluding tert-OH is 2. The second-order valence-electron chi connectivity index (χ2n) is 10.5. The largest absolute Gasteiger partial charge is 0.481 e. The van der Waals surface area contributed by atoms with E-state index in [4.69, 9.17) is 0 Å². The molecule has 26 heavy (non-hydrogen) atoms. The fourth-order valence-corrected chi connectivity index (χ4v) is 8.22. The molecule has 4 aliphatic carbocycles. The van der Waals surface area contributed by atoms with Crippen LogP contribution in [0.1, 0.15) is 72.1 Å². The van der Waals surface area contributed by atoms with Crippen LogP contribution >= 0.6 is 0 Å². The molecule has 10 atom stereocenters. The lowest BCUT2D eigenvalue weighted by atomic mass is 9.43. The fourth-order valence-electron chi connectivity index (χ4n) is 8.22. The summed E-state index contributed by atoms with van der Waals surface area (Å²) < 4.78 is 0. The van der Waals surface area contributed by atoms with Gasteiger partial charge in [-0.3, -0.25) is 4.79 Å². The smallest absolute Gasteiger partial charge is 0.306 e. The molecule has 0 aromatic heterocycles. The zero-order valence-electron chi connectivity index (χ0n) is 16.5. The first-order valence-corrected chi connectivity index (χ1v) is 10.8. The van der Waals surface area contributed by atoms with Gasteiger partial charge in [0, 0.05) is 5.41 Å². The Bertz CT molecular complexity index is 576. The summed E-state index contributed by atoms with van der Waals surface area (Å²) in [6, 6.07) is 0. The van der Waals surface area contributed by atoms with Crippen molar-refractivity contribution in [3.8, 4) is 0 Å². The minimum absolute atomic E-state index is 0.0830. The molecule has 4 saturated carbocycles. The highest BCUT2D eigenvalue weighted by atomic mass is 16.4. The molecule has 0 unspecified atom stereocenters. The SMILES string of the molecule is C[C@H](C(=O)O)[C@H]1CC[C@H]2[C@@H]3CC[C@@H]4C[C@H](O)CC[C@]4(C)[C@H]3C[C@H](O)[C@]12C. The summed E-state index contributed by atoms with van der Waals surface area (Å²) in [5.41, 5.74) is -0.0166. The zero-order chi connectivity index (χ0) is 18.9. The Morgan fingerprint density at radius 3 is 2.42 bits per heavy atom. The number of rotatable bonds is 2. The minimum Gasteiger partial charge on any atom is -0.481 e. The number of hydrogen-bond acceptors (Lipinski definition) is 3. The van der Waals surface area contributed by atoms with Gasteiger partial charge in [0.25, 0.3) is 0 Å². The van der Waals surface area contributed by atoms with Crippen LogP contribution < -0.4 is 0 Å². The molecule has 3 N–H and O–H groups in total. The highest BCUT2D eigenvalue weighted by Crippen LogP contribution is 2.68. The molecule has 0 radical (unpaired) electrons. The van der Waals surface area contributed by atoms with Crippen molar-refractivity contribution >= 4 is 5.97 Å². The lowest BCUT2D eigenvalue weighted by Gasteiger charge is -2.62. The Morgan fingerprint density at radius 1 is 1.00 bits per heavy atom. The normalized spacial score (nSPS) is 54.7. The predicted molar refractivity (Wildman–Crippen MR) is 99.4 cm³/mol. The van der Waals surface area contributed by atoms with Gasteiger partial charge in [0.15, 0.2) is 0 Å².